The Morgan fingerprint density at radius 2 is 2.12 bits per heavy atom. The summed E-state index contributed by atoms with van der Waals surface area (Å²) in [6.07, 6.45) is 1.73. The summed E-state index contributed by atoms with van der Waals surface area (Å²) in [4.78, 5) is 24.2. The van der Waals surface area contributed by atoms with Gasteiger partial charge in [0.15, 0.2) is 0 Å². The lowest BCUT2D eigenvalue weighted by Gasteiger charge is -2.07. The SMILES string of the molecule is C/C(CO)=N\c1nc2c(c[nH+]1)cc(-c1ccccc1Cl)c(=O)n2C. The van der Waals surface area contributed by atoms with Crippen molar-refractivity contribution in [2.24, 2.45) is 12.0 Å². The van der Waals surface area contributed by atoms with Crippen molar-refractivity contribution in [1.29, 1.82) is 0 Å². The number of aliphatic hydroxyl groups is 1. The van der Waals surface area contributed by atoms with E-state index in [4.69, 9.17) is 16.7 Å². The van der Waals surface area contributed by atoms with E-state index in [2.05, 4.69) is 15.0 Å². The van der Waals surface area contributed by atoms with E-state index in [9.17, 15) is 4.79 Å². The maximum absolute atomic E-state index is 12.7. The Hall–Kier alpha value is -2.57. The second-order valence-corrected chi connectivity index (χ2v) is 5.82. The van der Waals surface area contributed by atoms with E-state index >= 15 is 0 Å². The number of aliphatic imine (C=N–C) groups is 1. The van der Waals surface area contributed by atoms with Crippen LogP contribution in [0.2, 0.25) is 5.02 Å². The number of nitrogens with zero attached hydrogens (tertiary/aromatic N) is 3. The molecule has 0 aliphatic heterocycles. The van der Waals surface area contributed by atoms with Gasteiger partial charge >= 0.3 is 5.95 Å². The van der Waals surface area contributed by atoms with Crippen LogP contribution < -0.4 is 10.5 Å². The van der Waals surface area contributed by atoms with Gasteiger partial charge in [0, 0.05) is 23.2 Å². The Balaban J connectivity index is 2.24. The first kappa shape index (κ1) is 16.3. The first-order valence-corrected chi connectivity index (χ1v) is 7.71. The molecule has 2 N–H and O–H groups in total. The first-order valence-electron chi connectivity index (χ1n) is 7.33. The van der Waals surface area contributed by atoms with Crippen molar-refractivity contribution in [3.63, 3.8) is 0 Å². The van der Waals surface area contributed by atoms with Gasteiger partial charge in [-0.3, -0.25) is 9.36 Å². The zero-order chi connectivity index (χ0) is 17.3. The van der Waals surface area contributed by atoms with Crippen LogP contribution in [-0.2, 0) is 7.05 Å². The number of aromatic amines is 1. The van der Waals surface area contributed by atoms with E-state index in [1.165, 1.54) is 4.57 Å². The average Bonchev–Trinajstić information content (AvgIpc) is 2.59. The van der Waals surface area contributed by atoms with Gasteiger partial charge in [-0.05, 0) is 24.0 Å². The van der Waals surface area contributed by atoms with Crippen molar-refractivity contribution in [3.05, 3.63) is 51.9 Å². The number of aliphatic hydroxyl groups excluding tert-OH is 1. The minimum atomic E-state index is -0.192. The Morgan fingerprint density at radius 3 is 2.83 bits per heavy atom. The fourth-order valence-corrected chi connectivity index (χ4v) is 2.66. The summed E-state index contributed by atoms with van der Waals surface area (Å²) in [6.45, 7) is 1.54. The van der Waals surface area contributed by atoms with Gasteiger partial charge in [-0.25, -0.2) is 4.98 Å². The van der Waals surface area contributed by atoms with E-state index in [1.807, 2.05) is 18.2 Å². The largest absolute Gasteiger partial charge is 0.432 e. The number of benzene rings is 1. The first-order chi connectivity index (χ1) is 11.5. The summed E-state index contributed by atoms with van der Waals surface area (Å²) in [6, 6.07) is 8.98. The Kier molecular flexibility index (Phi) is 4.42. The molecule has 24 heavy (non-hydrogen) atoms. The highest BCUT2D eigenvalue weighted by atomic mass is 35.5. The van der Waals surface area contributed by atoms with Crippen LogP contribution in [0, 0.1) is 0 Å². The van der Waals surface area contributed by atoms with E-state index in [0.29, 0.717) is 33.5 Å². The zero-order valence-corrected chi connectivity index (χ0v) is 14.0. The highest BCUT2D eigenvalue weighted by molar-refractivity contribution is 6.33. The number of halogens is 1. The third kappa shape index (κ3) is 2.93. The quantitative estimate of drug-likeness (QED) is 0.740. The minimum absolute atomic E-state index is 0.155. The molecule has 0 unspecified atom stereocenters. The van der Waals surface area contributed by atoms with Crippen molar-refractivity contribution >= 4 is 34.3 Å². The number of rotatable bonds is 3. The van der Waals surface area contributed by atoms with Gasteiger partial charge in [-0.15, -0.1) is 0 Å². The molecule has 1 aromatic carbocycles. The molecule has 0 fully saturated rings. The van der Waals surface area contributed by atoms with Gasteiger partial charge in [-0.1, -0.05) is 34.8 Å². The van der Waals surface area contributed by atoms with Crippen molar-refractivity contribution in [1.82, 2.24) is 9.55 Å². The fourth-order valence-electron chi connectivity index (χ4n) is 2.42. The molecule has 0 radical (unpaired) electrons. The number of hydrogen-bond donors (Lipinski definition) is 1. The molecule has 0 aliphatic rings. The summed E-state index contributed by atoms with van der Waals surface area (Å²) >= 11 is 6.22. The smallest absolute Gasteiger partial charge is 0.389 e. The van der Waals surface area contributed by atoms with Crippen molar-refractivity contribution < 1.29 is 10.1 Å². The number of aromatic nitrogens is 3. The number of nitrogens with one attached hydrogen (secondary N) is 1. The molecule has 7 heteroatoms. The van der Waals surface area contributed by atoms with E-state index < -0.39 is 0 Å². The van der Waals surface area contributed by atoms with Crippen LogP contribution in [0.5, 0.6) is 0 Å². The monoisotopic (exact) mass is 343 g/mol. The Labute approximate surface area is 143 Å². The summed E-state index contributed by atoms with van der Waals surface area (Å²) < 4.78 is 1.47. The molecule has 3 rings (SSSR count). The van der Waals surface area contributed by atoms with Crippen LogP contribution >= 0.6 is 11.6 Å². The normalized spacial score (nSPS) is 11.9. The van der Waals surface area contributed by atoms with Crippen LogP contribution in [0.4, 0.5) is 5.95 Å². The molecule has 0 bridgehead atoms. The molecule has 0 saturated carbocycles. The molecule has 0 atom stereocenters. The topological polar surface area (TPSA) is 81.6 Å². The molecule has 122 valence electrons. The van der Waals surface area contributed by atoms with Crippen molar-refractivity contribution in [2.75, 3.05) is 6.61 Å². The van der Waals surface area contributed by atoms with Gasteiger partial charge in [0.05, 0.1) is 18.2 Å². The van der Waals surface area contributed by atoms with Crippen LogP contribution in [0.1, 0.15) is 6.92 Å². The van der Waals surface area contributed by atoms with Crippen molar-refractivity contribution in [3.8, 4) is 11.1 Å². The molecule has 2 heterocycles. The second-order valence-electron chi connectivity index (χ2n) is 5.41. The lowest BCUT2D eigenvalue weighted by atomic mass is 10.1. The van der Waals surface area contributed by atoms with Gasteiger partial charge in [-0.2, -0.15) is 0 Å². The predicted octanol–water partition coefficient (Wildman–Crippen LogP) is 2.15. The van der Waals surface area contributed by atoms with Gasteiger partial charge in [0.1, 0.15) is 5.71 Å². The molecule has 0 spiro atoms. The van der Waals surface area contributed by atoms with E-state index in [1.54, 1.807) is 32.3 Å². The number of H-pyrrole nitrogens is 1. The van der Waals surface area contributed by atoms with Crippen LogP contribution in [-0.4, -0.2) is 27.0 Å². The number of fused-ring (bicyclic) bond motifs is 1. The van der Waals surface area contributed by atoms with Crippen LogP contribution in [0.15, 0.2) is 46.3 Å². The number of pyridine rings is 1. The Morgan fingerprint density at radius 1 is 1.38 bits per heavy atom. The fraction of sp³-hybridized carbons (Fsp3) is 0.176. The third-order valence-corrected chi connectivity index (χ3v) is 4.00. The van der Waals surface area contributed by atoms with Gasteiger partial charge in [0.25, 0.3) is 5.56 Å². The summed E-state index contributed by atoms with van der Waals surface area (Å²) in [5, 5.41) is 10.3. The molecular weight excluding hydrogens is 328 g/mol. The maximum Gasteiger partial charge on any atom is 0.432 e. The molecule has 0 amide bonds. The van der Waals surface area contributed by atoms with Crippen LogP contribution in [0.3, 0.4) is 0 Å². The summed E-state index contributed by atoms with van der Waals surface area (Å²) in [5.74, 6) is 0.328. The molecule has 3 aromatic rings. The average molecular weight is 344 g/mol. The highest BCUT2D eigenvalue weighted by Crippen LogP contribution is 2.26. The maximum atomic E-state index is 12.7. The highest BCUT2D eigenvalue weighted by Gasteiger charge is 2.16. The molecule has 6 nitrogen and oxygen atoms in total. The predicted molar refractivity (Wildman–Crippen MR) is 93.8 cm³/mol. The molecule has 0 saturated heterocycles. The Bertz CT molecular complexity index is 1010. The van der Waals surface area contributed by atoms with Gasteiger partial charge in [0.2, 0.25) is 5.65 Å². The summed E-state index contributed by atoms with van der Waals surface area (Å²) in [7, 11) is 1.66. The molecule has 2 aromatic heterocycles. The number of aryl methyl sites for hydroxylation is 1. The molecule has 0 aliphatic carbocycles. The molecular formula is C17H16ClN4O2+. The lowest BCUT2D eigenvalue weighted by molar-refractivity contribution is -0.364. The van der Waals surface area contributed by atoms with Gasteiger partial charge < -0.3 is 5.11 Å². The van der Waals surface area contributed by atoms with E-state index in [-0.39, 0.29) is 12.2 Å². The lowest BCUT2D eigenvalue weighted by Crippen LogP contribution is -2.21. The number of hydrogen-bond acceptors (Lipinski definition) is 4. The standard InChI is InChI=1S/C17H15ClN4O2/c1-10(9-23)20-17-19-8-11-7-13(12-5-3-4-6-14(12)18)16(24)22(2)15(11)21-17/h3-8,23H,9H2,1-2H3/p+1/b20-10+. The van der Waals surface area contributed by atoms with Crippen molar-refractivity contribution in [2.45, 2.75) is 6.92 Å². The second kappa shape index (κ2) is 6.51. The van der Waals surface area contributed by atoms with Crippen LogP contribution in [0.25, 0.3) is 22.2 Å². The third-order valence-electron chi connectivity index (χ3n) is 3.67. The summed E-state index contributed by atoms with van der Waals surface area (Å²) in [5.41, 5.74) is 2.02. The van der Waals surface area contributed by atoms with E-state index in [0.717, 1.165) is 5.39 Å². The zero-order valence-electron chi connectivity index (χ0n) is 13.2. The minimum Gasteiger partial charge on any atom is -0.389 e.